The molecule has 1 N–H and O–H groups in total. The van der Waals surface area contributed by atoms with Crippen molar-refractivity contribution in [2.24, 2.45) is 0 Å². The summed E-state index contributed by atoms with van der Waals surface area (Å²) in [6, 6.07) is 5.09. The molecule has 2 aromatic rings. The molecule has 0 aliphatic carbocycles. The summed E-state index contributed by atoms with van der Waals surface area (Å²) in [5, 5.41) is 6.79. The van der Waals surface area contributed by atoms with E-state index < -0.39 is 0 Å². The smallest absolute Gasteiger partial charge is 0.343 e. The number of hydrogen-bond acceptors (Lipinski definition) is 6. The van der Waals surface area contributed by atoms with Crippen molar-refractivity contribution in [1.82, 2.24) is 14.8 Å². The topological polar surface area (TPSA) is 86.2 Å². The van der Waals surface area contributed by atoms with Gasteiger partial charge in [-0.2, -0.15) is 0 Å². The third-order valence-electron chi connectivity index (χ3n) is 3.07. The number of rotatable bonds is 5. The van der Waals surface area contributed by atoms with Crippen LogP contribution in [0.5, 0.6) is 11.5 Å². The standard InChI is InChI=1S/C13H13N3O4S/c1-2-16-12(18)14-15-13(16)21-6-9(17)8-3-4-10-11(5-8)20-7-19-10/h3-5H,2,6-7H2,1H3,(H,14,18). The number of hydrogen-bond donors (Lipinski definition) is 1. The summed E-state index contributed by atoms with van der Waals surface area (Å²) in [7, 11) is 0. The molecule has 8 heteroatoms. The summed E-state index contributed by atoms with van der Waals surface area (Å²) in [4.78, 5) is 23.6. The van der Waals surface area contributed by atoms with Gasteiger partial charge in [-0.05, 0) is 25.1 Å². The Balaban J connectivity index is 1.70. The highest BCUT2D eigenvalue weighted by molar-refractivity contribution is 7.99. The van der Waals surface area contributed by atoms with Crippen molar-refractivity contribution >= 4 is 17.5 Å². The number of ketones is 1. The maximum Gasteiger partial charge on any atom is 0.343 e. The molecule has 0 bridgehead atoms. The minimum absolute atomic E-state index is 0.0589. The van der Waals surface area contributed by atoms with Crippen molar-refractivity contribution in [3.63, 3.8) is 0 Å². The molecule has 21 heavy (non-hydrogen) atoms. The van der Waals surface area contributed by atoms with Crippen LogP contribution in [-0.4, -0.2) is 33.1 Å². The van der Waals surface area contributed by atoms with Gasteiger partial charge < -0.3 is 9.47 Å². The largest absolute Gasteiger partial charge is 0.454 e. The van der Waals surface area contributed by atoms with Gasteiger partial charge in [-0.3, -0.25) is 9.36 Å². The second kappa shape index (κ2) is 5.65. The van der Waals surface area contributed by atoms with E-state index >= 15 is 0 Å². The number of ether oxygens (including phenoxy) is 2. The molecule has 0 atom stereocenters. The van der Waals surface area contributed by atoms with E-state index in [1.807, 2.05) is 6.92 Å². The first kappa shape index (κ1) is 13.7. The van der Waals surface area contributed by atoms with Gasteiger partial charge in [0.2, 0.25) is 6.79 Å². The number of aromatic nitrogens is 3. The number of Topliss-reactive ketones (excluding diaryl/α,β-unsaturated/α-hetero) is 1. The zero-order valence-corrected chi connectivity index (χ0v) is 12.1. The van der Waals surface area contributed by atoms with Crippen LogP contribution in [0.4, 0.5) is 0 Å². The number of nitrogens with one attached hydrogen (secondary N) is 1. The zero-order valence-electron chi connectivity index (χ0n) is 11.3. The van der Waals surface area contributed by atoms with Crippen molar-refractivity contribution < 1.29 is 14.3 Å². The van der Waals surface area contributed by atoms with Crippen LogP contribution in [0.2, 0.25) is 0 Å². The number of carbonyl (C=O) groups excluding carboxylic acids is 1. The fraction of sp³-hybridized carbons (Fsp3) is 0.308. The maximum absolute atomic E-state index is 12.2. The molecule has 2 heterocycles. The lowest BCUT2D eigenvalue weighted by atomic mass is 10.1. The van der Waals surface area contributed by atoms with Gasteiger partial charge in [0.15, 0.2) is 22.4 Å². The molecule has 0 amide bonds. The average molecular weight is 307 g/mol. The lowest BCUT2D eigenvalue weighted by Gasteiger charge is -2.03. The molecule has 3 rings (SSSR count). The fourth-order valence-corrected chi connectivity index (χ4v) is 2.88. The Hall–Kier alpha value is -2.22. The Kier molecular flexibility index (Phi) is 3.70. The first-order chi connectivity index (χ1) is 10.2. The van der Waals surface area contributed by atoms with Crippen LogP contribution in [0.15, 0.2) is 28.2 Å². The van der Waals surface area contributed by atoms with E-state index in [-0.39, 0.29) is 24.0 Å². The highest BCUT2D eigenvalue weighted by Gasteiger charge is 2.17. The normalized spacial score (nSPS) is 12.6. The lowest BCUT2D eigenvalue weighted by molar-refractivity contribution is 0.102. The second-order valence-electron chi connectivity index (χ2n) is 4.34. The molecule has 0 unspecified atom stereocenters. The molecule has 0 spiro atoms. The Morgan fingerprint density at radius 2 is 2.24 bits per heavy atom. The molecule has 1 aliphatic rings. The van der Waals surface area contributed by atoms with Gasteiger partial charge in [0.05, 0.1) is 5.75 Å². The first-order valence-electron chi connectivity index (χ1n) is 6.40. The minimum atomic E-state index is -0.268. The molecular weight excluding hydrogens is 294 g/mol. The zero-order chi connectivity index (χ0) is 14.8. The van der Waals surface area contributed by atoms with Crippen molar-refractivity contribution in [2.75, 3.05) is 12.5 Å². The number of carbonyl (C=O) groups is 1. The van der Waals surface area contributed by atoms with Crippen LogP contribution in [-0.2, 0) is 6.54 Å². The monoisotopic (exact) mass is 307 g/mol. The average Bonchev–Trinajstić information content (AvgIpc) is 3.09. The number of fused-ring (bicyclic) bond motifs is 1. The summed E-state index contributed by atoms with van der Waals surface area (Å²) in [5.74, 6) is 1.36. The number of H-pyrrole nitrogens is 1. The van der Waals surface area contributed by atoms with E-state index in [0.29, 0.717) is 28.8 Å². The van der Waals surface area contributed by atoms with Crippen LogP contribution in [0.3, 0.4) is 0 Å². The molecule has 1 aromatic heterocycles. The lowest BCUT2D eigenvalue weighted by Crippen LogP contribution is -2.16. The van der Waals surface area contributed by atoms with Gasteiger partial charge in [-0.25, -0.2) is 9.89 Å². The Morgan fingerprint density at radius 1 is 1.43 bits per heavy atom. The third-order valence-corrected chi connectivity index (χ3v) is 4.04. The second-order valence-corrected chi connectivity index (χ2v) is 5.28. The quantitative estimate of drug-likeness (QED) is 0.662. The summed E-state index contributed by atoms with van der Waals surface area (Å²) < 4.78 is 11.9. The molecule has 0 saturated heterocycles. The molecule has 0 saturated carbocycles. The van der Waals surface area contributed by atoms with E-state index in [0.717, 1.165) is 0 Å². The summed E-state index contributed by atoms with van der Waals surface area (Å²) in [6.45, 7) is 2.54. The van der Waals surface area contributed by atoms with E-state index in [1.54, 1.807) is 18.2 Å². The van der Waals surface area contributed by atoms with E-state index in [9.17, 15) is 9.59 Å². The van der Waals surface area contributed by atoms with Crippen LogP contribution < -0.4 is 15.2 Å². The predicted octanol–water partition coefficient (Wildman–Crippen LogP) is 1.29. The number of nitrogens with zero attached hydrogens (tertiary/aromatic N) is 2. The van der Waals surface area contributed by atoms with E-state index in [1.165, 1.54) is 16.3 Å². The maximum atomic E-state index is 12.2. The predicted molar refractivity (Wildman–Crippen MR) is 76.1 cm³/mol. The van der Waals surface area contributed by atoms with Gasteiger partial charge >= 0.3 is 5.69 Å². The fourth-order valence-electron chi connectivity index (χ4n) is 1.98. The van der Waals surface area contributed by atoms with Crippen LogP contribution >= 0.6 is 11.8 Å². The Bertz CT molecular complexity index is 737. The SMILES string of the molecule is CCn1c(SCC(=O)c2ccc3c(c2)OCO3)n[nH]c1=O. The molecule has 1 aromatic carbocycles. The molecule has 1 aliphatic heterocycles. The molecule has 0 fully saturated rings. The molecule has 7 nitrogen and oxygen atoms in total. The Morgan fingerprint density at radius 3 is 3.05 bits per heavy atom. The molecule has 0 radical (unpaired) electrons. The highest BCUT2D eigenvalue weighted by Crippen LogP contribution is 2.32. The summed E-state index contributed by atoms with van der Waals surface area (Å²) >= 11 is 1.23. The van der Waals surface area contributed by atoms with E-state index in [2.05, 4.69) is 10.2 Å². The Labute approximate surface area is 124 Å². The van der Waals surface area contributed by atoms with Crippen LogP contribution in [0.25, 0.3) is 0 Å². The number of thioether (sulfide) groups is 1. The highest BCUT2D eigenvalue weighted by atomic mass is 32.2. The van der Waals surface area contributed by atoms with Gasteiger partial charge in [-0.1, -0.05) is 11.8 Å². The van der Waals surface area contributed by atoms with Crippen molar-refractivity contribution in [3.8, 4) is 11.5 Å². The van der Waals surface area contributed by atoms with Crippen molar-refractivity contribution in [1.29, 1.82) is 0 Å². The molecular formula is C13H13N3O4S. The van der Waals surface area contributed by atoms with Crippen molar-refractivity contribution in [2.45, 2.75) is 18.6 Å². The third kappa shape index (κ3) is 2.66. The van der Waals surface area contributed by atoms with Crippen LogP contribution in [0.1, 0.15) is 17.3 Å². The summed E-state index contributed by atoms with van der Waals surface area (Å²) in [6.07, 6.45) is 0. The van der Waals surface area contributed by atoms with Gasteiger partial charge in [0.25, 0.3) is 0 Å². The number of benzene rings is 1. The van der Waals surface area contributed by atoms with Crippen molar-refractivity contribution in [3.05, 3.63) is 34.2 Å². The van der Waals surface area contributed by atoms with Crippen LogP contribution in [0, 0.1) is 0 Å². The van der Waals surface area contributed by atoms with Gasteiger partial charge in [0.1, 0.15) is 0 Å². The van der Waals surface area contributed by atoms with Gasteiger partial charge in [-0.15, -0.1) is 5.10 Å². The number of aromatic amines is 1. The minimum Gasteiger partial charge on any atom is -0.454 e. The first-order valence-corrected chi connectivity index (χ1v) is 7.38. The summed E-state index contributed by atoms with van der Waals surface area (Å²) in [5.41, 5.74) is 0.281. The molecule has 110 valence electrons. The van der Waals surface area contributed by atoms with Gasteiger partial charge in [0, 0.05) is 12.1 Å². The van der Waals surface area contributed by atoms with E-state index in [4.69, 9.17) is 9.47 Å².